The van der Waals surface area contributed by atoms with Crippen LogP contribution in [0.1, 0.15) is 26.3 Å². The molecule has 7 nitrogen and oxygen atoms in total. The van der Waals surface area contributed by atoms with E-state index in [9.17, 15) is 19.5 Å². The monoisotopic (exact) mass is 416 g/mol. The van der Waals surface area contributed by atoms with Crippen molar-refractivity contribution >= 4 is 29.5 Å². The van der Waals surface area contributed by atoms with Crippen LogP contribution in [-0.4, -0.2) is 30.0 Å². The van der Waals surface area contributed by atoms with Gasteiger partial charge in [0.25, 0.3) is 11.8 Å². The normalized spacial score (nSPS) is 10.8. The van der Waals surface area contributed by atoms with Crippen LogP contribution >= 0.6 is 0 Å². The summed E-state index contributed by atoms with van der Waals surface area (Å²) < 4.78 is 5.21. The lowest BCUT2D eigenvalue weighted by molar-refractivity contribution is -0.113. The van der Waals surface area contributed by atoms with Gasteiger partial charge in [-0.05, 0) is 42.0 Å². The first-order chi connectivity index (χ1) is 15.0. The maximum Gasteiger partial charge on any atom is 0.335 e. The Morgan fingerprint density at radius 2 is 1.52 bits per heavy atom. The summed E-state index contributed by atoms with van der Waals surface area (Å²) in [6.07, 6.45) is 1.53. The average molecular weight is 416 g/mol. The van der Waals surface area contributed by atoms with Gasteiger partial charge in [0.15, 0.2) is 0 Å². The molecule has 0 aliphatic rings. The van der Waals surface area contributed by atoms with Crippen molar-refractivity contribution in [3.63, 3.8) is 0 Å². The molecule has 3 aromatic carbocycles. The predicted octanol–water partition coefficient (Wildman–Crippen LogP) is 3.80. The van der Waals surface area contributed by atoms with Crippen molar-refractivity contribution in [2.24, 2.45) is 0 Å². The molecule has 31 heavy (non-hydrogen) atoms. The van der Waals surface area contributed by atoms with Crippen LogP contribution in [0, 0.1) is 0 Å². The zero-order valence-electron chi connectivity index (χ0n) is 16.7. The van der Waals surface area contributed by atoms with Gasteiger partial charge in [0, 0.05) is 5.56 Å². The van der Waals surface area contributed by atoms with Crippen LogP contribution in [0.2, 0.25) is 0 Å². The number of carboxylic acids is 1. The molecule has 0 fully saturated rings. The van der Waals surface area contributed by atoms with Gasteiger partial charge < -0.3 is 20.5 Å². The third-order valence-corrected chi connectivity index (χ3v) is 4.33. The zero-order chi connectivity index (χ0) is 22.2. The summed E-state index contributed by atoms with van der Waals surface area (Å²) in [5, 5.41) is 14.5. The fourth-order valence-electron chi connectivity index (χ4n) is 2.79. The highest BCUT2D eigenvalue weighted by molar-refractivity contribution is 6.11. The minimum atomic E-state index is -1.14. The third-order valence-electron chi connectivity index (χ3n) is 4.33. The molecule has 0 radical (unpaired) electrons. The number of anilines is 1. The Morgan fingerprint density at radius 3 is 2.13 bits per heavy atom. The highest BCUT2D eigenvalue weighted by Crippen LogP contribution is 2.26. The molecule has 0 saturated heterocycles. The Morgan fingerprint density at radius 1 is 0.871 bits per heavy atom. The highest BCUT2D eigenvalue weighted by atomic mass is 16.5. The second-order valence-corrected chi connectivity index (χ2v) is 6.46. The molecule has 0 aromatic heterocycles. The molecule has 0 bridgehead atoms. The number of carbonyl (C=O) groups excluding carboxylic acids is 2. The number of rotatable bonds is 7. The summed E-state index contributed by atoms with van der Waals surface area (Å²) in [6.45, 7) is 0. The molecule has 0 spiro atoms. The number of hydrogen-bond acceptors (Lipinski definition) is 4. The maximum absolute atomic E-state index is 13.0. The van der Waals surface area contributed by atoms with Crippen molar-refractivity contribution in [2.45, 2.75) is 0 Å². The van der Waals surface area contributed by atoms with E-state index in [-0.39, 0.29) is 22.7 Å². The van der Waals surface area contributed by atoms with E-state index in [1.165, 1.54) is 31.4 Å². The number of carbonyl (C=O) groups is 3. The smallest absolute Gasteiger partial charge is 0.335 e. The van der Waals surface area contributed by atoms with Crippen LogP contribution in [-0.2, 0) is 4.79 Å². The lowest BCUT2D eigenvalue weighted by atomic mass is 10.1. The van der Waals surface area contributed by atoms with Crippen LogP contribution in [0.15, 0.2) is 84.6 Å². The van der Waals surface area contributed by atoms with Crippen molar-refractivity contribution in [2.75, 3.05) is 12.4 Å². The standard InChI is InChI=1S/C24H20N2O5/c1-31-21-13-12-18(24(29)30)15-19(21)25-23(28)20(14-16-8-4-2-5-9-16)26-22(27)17-10-6-3-7-11-17/h2-15H,1H3,(H,25,28)(H,26,27)(H,29,30)/b20-14-. The molecule has 2 amide bonds. The quantitative estimate of drug-likeness (QED) is 0.508. The highest BCUT2D eigenvalue weighted by Gasteiger charge is 2.17. The molecule has 0 atom stereocenters. The number of nitrogens with one attached hydrogen (secondary N) is 2. The molecule has 0 aliphatic carbocycles. The number of carboxylic acid groups (broad SMARTS) is 1. The fourth-order valence-corrected chi connectivity index (χ4v) is 2.79. The Balaban J connectivity index is 1.93. The van der Waals surface area contributed by atoms with Crippen molar-refractivity contribution in [1.82, 2.24) is 5.32 Å². The first-order valence-electron chi connectivity index (χ1n) is 9.34. The largest absolute Gasteiger partial charge is 0.495 e. The number of hydrogen-bond donors (Lipinski definition) is 3. The summed E-state index contributed by atoms with van der Waals surface area (Å²) in [6, 6.07) is 21.6. The number of benzene rings is 3. The van der Waals surface area contributed by atoms with Gasteiger partial charge in [-0.1, -0.05) is 48.5 Å². The molecule has 3 aromatic rings. The molecule has 7 heteroatoms. The van der Waals surface area contributed by atoms with Crippen molar-refractivity contribution < 1.29 is 24.2 Å². The first-order valence-corrected chi connectivity index (χ1v) is 9.34. The van der Waals surface area contributed by atoms with Crippen LogP contribution in [0.5, 0.6) is 5.75 Å². The van der Waals surface area contributed by atoms with Crippen LogP contribution in [0.4, 0.5) is 5.69 Å². The van der Waals surface area contributed by atoms with Crippen LogP contribution in [0.3, 0.4) is 0 Å². The lowest BCUT2D eigenvalue weighted by Crippen LogP contribution is -2.30. The van der Waals surface area contributed by atoms with E-state index in [2.05, 4.69) is 10.6 Å². The maximum atomic E-state index is 13.0. The topological polar surface area (TPSA) is 105 Å². The predicted molar refractivity (Wildman–Crippen MR) is 117 cm³/mol. The second-order valence-electron chi connectivity index (χ2n) is 6.46. The fraction of sp³-hybridized carbons (Fsp3) is 0.0417. The van der Waals surface area contributed by atoms with Gasteiger partial charge in [-0.25, -0.2) is 4.79 Å². The number of methoxy groups -OCH3 is 1. The van der Waals surface area contributed by atoms with Gasteiger partial charge in [0.2, 0.25) is 0 Å². The molecule has 0 aliphatic heterocycles. The Bertz CT molecular complexity index is 1130. The van der Waals surface area contributed by atoms with Gasteiger partial charge >= 0.3 is 5.97 Å². The van der Waals surface area contributed by atoms with Crippen molar-refractivity contribution in [1.29, 1.82) is 0 Å². The number of amides is 2. The average Bonchev–Trinajstić information content (AvgIpc) is 2.79. The van der Waals surface area contributed by atoms with E-state index < -0.39 is 17.8 Å². The molecule has 0 saturated carbocycles. The molecule has 0 heterocycles. The van der Waals surface area contributed by atoms with Gasteiger partial charge in [-0.3, -0.25) is 9.59 Å². The summed E-state index contributed by atoms with van der Waals surface area (Å²) in [5.41, 5.74) is 1.23. The van der Waals surface area contributed by atoms with Crippen molar-refractivity contribution in [3.05, 3.63) is 101 Å². The third kappa shape index (κ3) is 5.57. The van der Waals surface area contributed by atoms with E-state index in [1.54, 1.807) is 54.6 Å². The summed E-state index contributed by atoms with van der Waals surface area (Å²) in [7, 11) is 1.41. The summed E-state index contributed by atoms with van der Waals surface area (Å²) in [5.74, 6) is -1.94. The Labute approximate surface area is 179 Å². The molecule has 156 valence electrons. The van der Waals surface area contributed by atoms with E-state index in [0.717, 1.165) is 0 Å². The van der Waals surface area contributed by atoms with Gasteiger partial charge in [-0.2, -0.15) is 0 Å². The van der Waals surface area contributed by atoms with E-state index in [0.29, 0.717) is 11.1 Å². The lowest BCUT2D eigenvalue weighted by Gasteiger charge is -2.14. The van der Waals surface area contributed by atoms with Crippen LogP contribution < -0.4 is 15.4 Å². The number of ether oxygens (including phenoxy) is 1. The molecular formula is C24H20N2O5. The second kappa shape index (κ2) is 9.89. The van der Waals surface area contributed by atoms with Gasteiger partial charge in [0.1, 0.15) is 11.4 Å². The number of aromatic carboxylic acids is 1. The zero-order valence-corrected chi connectivity index (χ0v) is 16.7. The molecule has 3 rings (SSSR count). The van der Waals surface area contributed by atoms with Crippen molar-refractivity contribution in [3.8, 4) is 5.75 Å². The van der Waals surface area contributed by atoms with E-state index >= 15 is 0 Å². The first kappa shape index (κ1) is 21.3. The summed E-state index contributed by atoms with van der Waals surface area (Å²) in [4.78, 5) is 37.0. The van der Waals surface area contributed by atoms with Gasteiger partial charge in [-0.15, -0.1) is 0 Å². The molecule has 0 unspecified atom stereocenters. The Hall–Kier alpha value is -4.39. The molecule has 3 N–H and O–H groups in total. The minimum Gasteiger partial charge on any atom is -0.495 e. The van der Waals surface area contributed by atoms with E-state index in [4.69, 9.17) is 4.74 Å². The SMILES string of the molecule is COc1ccc(C(=O)O)cc1NC(=O)/C(=C/c1ccccc1)NC(=O)c1ccccc1. The summed E-state index contributed by atoms with van der Waals surface area (Å²) >= 11 is 0. The van der Waals surface area contributed by atoms with Crippen LogP contribution in [0.25, 0.3) is 6.08 Å². The Kier molecular flexibility index (Phi) is 6.80. The molecular weight excluding hydrogens is 396 g/mol. The minimum absolute atomic E-state index is 0.0113. The van der Waals surface area contributed by atoms with Gasteiger partial charge in [0.05, 0.1) is 18.4 Å². The van der Waals surface area contributed by atoms with E-state index in [1.807, 2.05) is 6.07 Å².